The number of carbonyl (C=O) groups excluding carboxylic acids is 2. The van der Waals surface area contributed by atoms with E-state index in [1.54, 1.807) is 23.1 Å². The van der Waals surface area contributed by atoms with Crippen LogP contribution in [0.1, 0.15) is 79.9 Å². The van der Waals surface area contributed by atoms with Gasteiger partial charge in [-0.3, -0.25) is 14.5 Å². The quantitative estimate of drug-likeness (QED) is 0.500. The van der Waals surface area contributed by atoms with E-state index in [4.69, 9.17) is 0 Å². The molecule has 0 saturated carbocycles. The molecule has 5 rings (SSSR count). The second kappa shape index (κ2) is 8.22. The largest absolute Gasteiger partial charge is 0.294 e. The average Bonchev–Trinajstić information content (AvgIpc) is 2.92. The van der Waals surface area contributed by atoms with Crippen LogP contribution in [0.2, 0.25) is 0 Å². The van der Waals surface area contributed by atoms with Gasteiger partial charge in [0.2, 0.25) is 5.91 Å². The van der Waals surface area contributed by atoms with Gasteiger partial charge in [0.05, 0.1) is 5.56 Å². The van der Waals surface area contributed by atoms with Crippen molar-refractivity contribution in [2.45, 2.75) is 71.1 Å². The Morgan fingerprint density at radius 1 is 1.12 bits per heavy atom. The number of allylic oxidation sites excluding steroid dienone is 2. The lowest BCUT2D eigenvalue weighted by Gasteiger charge is -2.42. The van der Waals surface area contributed by atoms with Crippen molar-refractivity contribution in [2.24, 2.45) is 5.41 Å². The van der Waals surface area contributed by atoms with Crippen molar-refractivity contribution >= 4 is 28.0 Å². The number of Topliss-reactive ketones (excluding diaryl/α,β-unsaturated/α-hetero) is 1. The highest BCUT2D eigenvalue weighted by Gasteiger charge is 2.46. The number of carbonyl (C=O) groups is 2. The standard InChI is InChI=1S/C27H27FN2O2S/c1-27(2)13-21-25(22(31)14-27)18(16-8-6-7-10-20(16)28)12-24(32)30(21)26-19(15-29)17-9-4-3-5-11-23(17)33-26/h6-8,10,18H,3-5,9,11-14H2,1-2H3. The molecular formula is C27H27FN2O2S. The van der Waals surface area contributed by atoms with Crippen LogP contribution in [0.25, 0.3) is 0 Å². The van der Waals surface area contributed by atoms with E-state index < -0.39 is 11.7 Å². The Morgan fingerprint density at radius 2 is 1.88 bits per heavy atom. The van der Waals surface area contributed by atoms with Crippen molar-refractivity contribution in [3.63, 3.8) is 0 Å². The molecule has 0 saturated heterocycles. The highest BCUT2D eigenvalue weighted by molar-refractivity contribution is 7.16. The van der Waals surface area contributed by atoms with Gasteiger partial charge in [0.25, 0.3) is 0 Å². The van der Waals surface area contributed by atoms with E-state index in [2.05, 4.69) is 6.07 Å². The molecule has 2 aliphatic carbocycles. The molecule has 0 fully saturated rings. The summed E-state index contributed by atoms with van der Waals surface area (Å²) in [5.41, 5.74) is 2.95. The highest BCUT2D eigenvalue weighted by Crippen LogP contribution is 2.51. The fourth-order valence-corrected chi connectivity index (χ4v) is 7.06. The van der Waals surface area contributed by atoms with Crippen LogP contribution >= 0.6 is 11.3 Å². The van der Waals surface area contributed by atoms with Gasteiger partial charge in [-0.25, -0.2) is 4.39 Å². The molecule has 1 aliphatic heterocycles. The second-order valence-corrected chi connectivity index (χ2v) is 11.2. The van der Waals surface area contributed by atoms with Gasteiger partial charge in [-0.2, -0.15) is 5.26 Å². The topological polar surface area (TPSA) is 61.2 Å². The van der Waals surface area contributed by atoms with Gasteiger partial charge in [-0.1, -0.05) is 38.5 Å². The van der Waals surface area contributed by atoms with E-state index >= 15 is 0 Å². The van der Waals surface area contributed by atoms with Crippen molar-refractivity contribution in [1.82, 2.24) is 0 Å². The summed E-state index contributed by atoms with van der Waals surface area (Å²) in [7, 11) is 0. The van der Waals surface area contributed by atoms with Crippen molar-refractivity contribution in [3.05, 3.63) is 62.9 Å². The first kappa shape index (κ1) is 22.0. The molecule has 4 nitrogen and oxygen atoms in total. The number of rotatable bonds is 2. The number of nitriles is 1. The Morgan fingerprint density at radius 3 is 2.64 bits per heavy atom. The Hall–Kier alpha value is -2.78. The first-order valence-corrected chi connectivity index (χ1v) is 12.5. The number of hydrogen-bond acceptors (Lipinski definition) is 4. The van der Waals surface area contributed by atoms with E-state index in [-0.39, 0.29) is 23.5 Å². The Labute approximate surface area is 197 Å². The number of halogens is 1. The van der Waals surface area contributed by atoms with Crippen LogP contribution in [0.15, 0.2) is 35.5 Å². The molecule has 170 valence electrons. The zero-order valence-corrected chi connectivity index (χ0v) is 19.9. The first-order chi connectivity index (χ1) is 15.8. The smallest absolute Gasteiger partial charge is 0.232 e. The van der Waals surface area contributed by atoms with Gasteiger partial charge in [0.15, 0.2) is 5.78 Å². The summed E-state index contributed by atoms with van der Waals surface area (Å²) < 4.78 is 14.8. The number of thiophene rings is 1. The summed E-state index contributed by atoms with van der Waals surface area (Å²) in [4.78, 5) is 29.9. The number of aryl methyl sites for hydroxylation is 1. The molecule has 6 heteroatoms. The summed E-state index contributed by atoms with van der Waals surface area (Å²) in [5, 5.41) is 10.7. The lowest BCUT2D eigenvalue weighted by Crippen LogP contribution is -2.43. The van der Waals surface area contributed by atoms with Crippen LogP contribution in [0.5, 0.6) is 0 Å². The number of anilines is 1. The van der Waals surface area contributed by atoms with Crippen molar-refractivity contribution in [3.8, 4) is 6.07 Å². The number of fused-ring (bicyclic) bond motifs is 1. The number of amides is 1. The SMILES string of the molecule is CC1(C)CC(=O)C2=C(C1)N(c1sc3c(c1C#N)CCCCC3)C(=O)CC2c1ccccc1F. The van der Waals surface area contributed by atoms with Gasteiger partial charge >= 0.3 is 0 Å². The molecule has 0 N–H and O–H groups in total. The Balaban J connectivity index is 1.71. The minimum atomic E-state index is -0.586. The zero-order chi connectivity index (χ0) is 23.3. The van der Waals surface area contributed by atoms with Crippen LogP contribution in [0.3, 0.4) is 0 Å². The number of nitrogens with zero attached hydrogens (tertiary/aromatic N) is 2. The normalized spacial score (nSPS) is 22.5. The van der Waals surface area contributed by atoms with E-state index in [0.29, 0.717) is 40.2 Å². The van der Waals surface area contributed by atoms with Gasteiger partial charge in [-0.15, -0.1) is 11.3 Å². The fraction of sp³-hybridized carbons (Fsp3) is 0.444. The summed E-state index contributed by atoms with van der Waals surface area (Å²) >= 11 is 1.53. The zero-order valence-electron chi connectivity index (χ0n) is 19.0. The minimum absolute atomic E-state index is 0.0244. The predicted octanol–water partition coefficient (Wildman–Crippen LogP) is 6.19. The number of ketones is 1. The molecule has 0 bridgehead atoms. The van der Waals surface area contributed by atoms with Crippen LogP contribution < -0.4 is 4.90 Å². The molecule has 2 aromatic rings. The summed E-state index contributed by atoms with van der Waals surface area (Å²) in [6.45, 7) is 4.05. The molecule has 0 radical (unpaired) electrons. The molecule has 3 aliphatic rings. The van der Waals surface area contributed by atoms with Gasteiger partial charge < -0.3 is 0 Å². The summed E-state index contributed by atoms with van der Waals surface area (Å²) in [6.07, 6.45) is 5.98. The van der Waals surface area contributed by atoms with Crippen LogP contribution in [0, 0.1) is 22.6 Å². The lowest BCUT2D eigenvalue weighted by atomic mass is 9.69. The molecule has 1 aromatic heterocycles. The molecule has 1 unspecified atom stereocenters. The van der Waals surface area contributed by atoms with Gasteiger partial charge in [0.1, 0.15) is 16.9 Å². The highest BCUT2D eigenvalue weighted by atomic mass is 32.1. The minimum Gasteiger partial charge on any atom is -0.294 e. The van der Waals surface area contributed by atoms with E-state index in [0.717, 1.165) is 37.7 Å². The van der Waals surface area contributed by atoms with Gasteiger partial charge in [-0.05, 0) is 54.7 Å². The van der Waals surface area contributed by atoms with E-state index in [9.17, 15) is 19.2 Å². The third-order valence-electron chi connectivity index (χ3n) is 7.14. The molecule has 1 amide bonds. The van der Waals surface area contributed by atoms with Crippen LogP contribution in [0.4, 0.5) is 9.39 Å². The maximum atomic E-state index is 14.8. The van der Waals surface area contributed by atoms with E-state index in [1.165, 1.54) is 22.3 Å². The van der Waals surface area contributed by atoms with Crippen LogP contribution in [-0.4, -0.2) is 11.7 Å². The fourth-order valence-electron chi connectivity index (χ4n) is 5.68. The van der Waals surface area contributed by atoms with Crippen molar-refractivity contribution < 1.29 is 14.0 Å². The van der Waals surface area contributed by atoms with Crippen molar-refractivity contribution in [1.29, 1.82) is 5.26 Å². The molecule has 1 aromatic carbocycles. The Bertz CT molecular complexity index is 1230. The monoisotopic (exact) mass is 462 g/mol. The first-order valence-electron chi connectivity index (χ1n) is 11.7. The number of benzene rings is 1. The van der Waals surface area contributed by atoms with E-state index in [1.807, 2.05) is 13.8 Å². The summed E-state index contributed by atoms with van der Waals surface area (Å²) in [5.74, 6) is -1.17. The lowest BCUT2D eigenvalue weighted by molar-refractivity contribution is -0.120. The summed E-state index contributed by atoms with van der Waals surface area (Å²) in [6, 6.07) is 8.80. The van der Waals surface area contributed by atoms with Gasteiger partial charge in [0, 0.05) is 34.9 Å². The molecule has 0 spiro atoms. The van der Waals surface area contributed by atoms with Crippen LogP contribution in [-0.2, 0) is 22.4 Å². The average molecular weight is 463 g/mol. The molecule has 1 atom stereocenters. The molecular weight excluding hydrogens is 435 g/mol. The maximum Gasteiger partial charge on any atom is 0.232 e. The maximum absolute atomic E-state index is 14.8. The van der Waals surface area contributed by atoms with Crippen molar-refractivity contribution in [2.75, 3.05) is 4.90 Å². The third-order valence-corrected chi connectivity index (χ3v) is 8.42. The molecule has 2 heterocycles. The second-order valence-electron chi connectivity index (χ2n) is 10.2. The number of hydrogen-bond donors (Lipinski definition) is 0. The third kappa shape index (κ3) is 3.73. The Kier molecular flexibility index (Phi) is 5.49. The predicted molar refractivity (Wildman–Crippen MR) is 127 cm³/mol. The molecule has 33 heavy (non-hydrogen) atoms.